The molecule has 1 amide bonds. The van der Waals surface area contributed by atoms with Gasteiger partial charge < -0.3 is 10.1 Å². The average molecular weight is 431 g/mol. The topological polar surface area (TPSA) is 84.5 Å². The number of rotatable bonds is 6. The van der Waals surface area contributed by atoms with E-state index in [9.17, 15) is 13.2 Å². The molecule has 0 aromatic heterocycles. The van der Waals surface area contributed by atoms with Crippen molar-refractivity contribution in [1.82, 2.24) is 0 Å². The number of benzene rings is 3. The van der Waals surface area contributed by atoms with Gasteiger partial charge in [0, 0.05) is 11.3 Å². The summed E-state index contributed by atoms with van der Waals surface area (Å²) in [7, 11) is -2.49. The van der Waals surface area contributed by atoms with Gasteiger partial charge in [-0.2, -0.15) is 0 Å². The van der Waals surface area contributed by atoms with Crippen molar-refractivity contribution in [2.45, 2.75) is 11.8 Å². The molecule has 0 bridgehead atoms. The number of nitrogens with one attached hydrogen (secondary N) is 2. The third-order valence-electron chi connectivity index (χ3n) is 4.11. The SMILES string of the molecule is COc1ccccc1NC(=O)c1ccc(Cl)c(S(=O)(=O)Nc2cccc(C)c2)c1. The molecular weight excluding hydrogens is 412 g/mol. The van der Waals surface area contributed by atoms with E-state index in [-0.39, 0.29) is 15.5 Å². The highest BCUT2D eigenvalue weighted by atomic mass is 35.5. The second-order valence-electron chi connectivity index (χ2n) is 6.27. The van der Waals surface area contributed by atoms with Crippen LogP contribution < -0.4 is 14.8 Å². The van der Waals surface area contributed by atoms with Gasteiger partial charge in [0.25, 0.3) is 15.9 Å². The molecular formula is C21H19ClN2O4S. The third-order valence-corrected chi connectivity index (χ3v) is 5.97. The van der Waals surface area contributed by atoms with Gasteiger partial charge in [-0.3, -0.25) is 9.52 Å². The molecule has 0 aliphatic heterocycles. The van der Waals surface area contributed by atoms with E-state index < -0.39 is 15.9 Å². The molecule has 0 heterocycles. The smallest absolute Gasteiger partial charge is 0.263 e. The van der Waals surface area contributed by atoms with Crippen molar-refractivity contribution in [3.05, 3.63) is 82.9 Å². The Morgan fingerprint density at radius 1 is 1.00 bits per heavy atom. The lowest BCUT2D eigenvalue weighted by Gasteiger charge is -2.13. The van der Waals surface area contributed by atoms with Crippen LogP contribution in [0.3, 0.4) is 0 Å². The van der Waals surface area contributed by atoms with E-state index in [1.807, 2.05) is 13.0 Å². The minimum absolute atomic E-state index is 0.0130. The Labute approximate surface area is 174 Å². The first-order chi connectivity index (χ1) is 13.8. The molecule has 2 N–H and O–H groups in total. The van der Waals surface area contributed by atoms with E-state index in [4.69, 9.17) is 16.3 Å². The Hall–Kier alpha value is -3.03. The van der Waals surface area contributed by atoms with E-state index in [2.05, 4.69) is 10.0 Å². The summed E-state index contributed by atoms with van der Waals surface area (Å²) in [6, 6.07) is 17.9. The van der Waals surface area contributed by atoms with E-state index in [0.717, 1.165) is 5.56 Å². The van der Waals surface area contributed by atoms with Crippen LogP contribution in [0.2, 0.25) is 5.02 Å². The number of sulfonamides is 1. The number of amides is 1. The maximum absolute atomic E-state index is 12.8. The predicted octanol–water partition coefficient (Wildman–Crippen LogP) is 4.71. The molecule has 29 heavy (non-hydrogen) atoms. The monoisotopic (exact) mass is 430 g/mol. The van der Waals surface area contributed by atoms with Crippen molar-refractivity contribution >= 4 is 38.9 Å². The minimum Gasteiger partial charge on any atom is -0.495 e. The molecule has 6 nitrogen and oxygen atoms in total. The Balaban J connectivity index is 1.90. The number of hydrogen-bond donors (Lipinski definition) is 2. The molecule has 0 atom stereocenters. The Morgan fingerprint density at radius 2 is 1.76 bits per heavy atom. The fourth-order valence-corrected chi connectivity index (χ4v) is 4.29. The van der Waals surface area contributed by atoms with Gasteiger partial charge in [-0.05, 0) is 55.0 Å². The van der Waals surface area contributed by atoms with Crippen molar-refractivity contribution in [2.75, 3.05) is 17.1 Å². The van der Waals surface area contributed by atoms with Crippen LogP contribution in [0.15, 0.2) is 71.6 Å². The summed E-state index contributed by atoms with van der Waals surface area (Å²) in [5.41, 5.74) is 1.92. The zero-order chi connectivity index (χ0) is 21.0. The Morgan fingerprint density at radius 3 is 2.48 bits per heavy atom. The van der Waals surface area contributed by atoms with Crippen molar-refractivity contribution in [3.8, 4) is 5.75 Å². The molecule has 0 radical (unpaired) electrons. The first-order valence-electron chi connectivity index (χ1n) is 8.63. The van der Waals surface area contributed by atoms with Gasteiger partial charge in [-0.15, -0.1) is 0 Å². The summed E-state index contributed by atoms with van der Waals surface area (Å²) in [5.74, 6) is 0.00180. The standard InChI is InChI=1S/C21H19ClN2O4S/c1-14-6-5-7-16(12-14)24-29(26,27)20-13-15(10-11-17(20)22)21(25)23-18-8-3-4-9-19(18)28-2/h3-13,24H,1-2H3,(H,23,25). The maximum atomic E-state index is 12.8. The number of carbonyl (C=O) groups is 1. The van der Waals surface area contributed by atoms with Crippen LogP contribution in [0.25, 0.3) is 0 Å². The molecule has 3 aromatic rings. The van der Waals surface area contributed by atoms with Gasteiger partial charge >= 0.3 is 0 Å². The number of aryl methyl sites for hydroxylation is 1. The zero-order valence-corrected chi connectivity index (χ0v) is 17.3. The second kappa shape index (κ2) is 8.55. The van der Waals surface area contributed by atoms with Crippen LogP contribution in [0.1, 0.15) is 15.9 Å². The number of para-hydroxylation sites is 2. The van der Waals surface area contributed by atoms with Crippen molar-refractivity contribution in [3.63, 3.8) is 0 Å². The number of anilines is 2. The quantitative estimate of drug-likeness (QED) is 0.593. The fourth-order valence-electron chi connectivity index (χ4n) is 2.71. The molecule has 150 valence electrons. The Kier molecular flexibility index (Phi) is 6.10. The first kappa shape index (κ1) is 20.7. The molecule has 0 aliphatic rings. The highest BCUT2D eigenvalue weighted by molar-refractivity contribution is 7.92. The van der Waals surface area contributed by atoms with Crippen LogP contribution >= 0.6 is 11.6 Å². The van der Waals surface area contributed by atoms with Crippen molar-refractivity contribution < 1.29 is 17.9 Å². The lowest BCUT2D eigenvalue weighted by molar-refractivity contribution is 0.102. The molecule has 0 saturated carbocycles. The van der Waals surface area contributed by atoms with Gasteiger partial charge in [0.1, 0.15) is 10.6 Å². The second-order valence-corrected chi connectivity index (χ2v) is 8.33. The summed E-state index contributed by atoms with van der Waals surface area (Å²) in [6.07, 6.45) is 0. The molecule has 0 unspecified atom stereocenters. The number of carbonyl (C=O) groups excluding carboxylic acids is 1. The Bertz CT molecular complexity index is 1160. The summed E-state index contributed by atoms with van der Waals surface area (Å²) >= 11 is 6.12. The molecule has 0 fully saturated rings. The van der Waals surface area contributed by atoms with Crippen LogP contribution in [-0.2, 0) is 10.0 Å². The molecule has 0 saturated heterocycles. The molecule has 0 spiro atoms. The minimum atomic E-state index is -3.99. The normalized spacial score (nSPS) is 11.0. The van der Waals surface area contributed by atoms with E-state index in [1.165, 1.54) is 25.3 Å². The summed E-state index contributed by atoms with van der Waals surface area (Å²) < 4.78 is 33.3. The van der Waals surface area contributed by atoms with E-state index in [1.54, 1.807) is 42.5 Å². The lowest BCUT2D eigenvalue weighted by Crippen LogP contribution is -2.16. The largest absolute Gasteiger partial charge is 0.495 e. The van der Waals surface area contributed by atoms with Crippen LogP contribution in [0.5, 0.6) is 5.75 Å². The predicted molar refractivity (Wildman–Crippen MR) is 114 cm³/mol. The third kappa shape index (κ3) is 4.88. The van der Waals surface area contributed by atoms with Crippen LogP contribution in [0, 0.1) is 6.92 Å². The summed E-state index contributed by atoms with van der Waals surface area (Å²) in [4.78, 5) is 12.5. The maximum Gasteiger partial charge on any atom is 0.263 e. The van der Waals surface area contributed by atoms with Gasteiger partial charge in [-0.25, -0.2) is 8.42 Å². The number of methoxy groups -OCH3 is 1. The van der Waals surface area contributed by atoms with E-state index in [0.29, 0.717) is 17.1 Å². The number of ether oxygens (including phenoxy) is 1. The lowest BCUT2D eigenvalue weighted by atomic mass is 10.2. The first-order valence-corrected chi connectivity index (χ1v) is 10.5. The van der Waals surface area contributed by atoms with Crippen LogP contribution in [0.4, 0.5) is 11.4 Å². The van der Waals surface area contributed by atoms with Crippen molar-refractivity contribution in [1.29, 1.82) is 0 Å². The van der Waals surface area contributed by atoms with Gasteiger partial charge in [0.15, 0.2) is 0 Å². The van der Waals surface area contributed by atoms with E-state index >= 15 is 0 Å². The number of hydrogen-bond acceptors (Lipinski definition) is 4. The molecule has 0 aliphatic carbocycles. The summed E-state index contributed by atoms with van der Waals surface area (Å²) in [6.45, 7) is 1.85. The fraction of sp³-hybridized carbons (Fsp3) is 0.0952. The zero-order valence-electron chi connectivity index (χ0n) is 15.8. The van der Waals surface area contributed by atoms with Gasteiger partial charge in [0.2, 0.25) is 0 Å². The van der Waals surface area contributed by atoms with Crippen LogP contribution in [-0.4, -0.2) is 21.4 Å². The highest BCUT2D eigenvalue weighted by Gasteiger charge is 2.21. The summed E-state index contributed by atoms with van der Waals surface area (Å²) in [5, 5.41) is 2.72. The average Bonchev–Trinajstić information content (AvgIpc) is 2.68. The van der Waals surface area contributed by atoms with Gasteiger partial charge in [0.05, 0.1) is 17.8 Å². The molecule has 3 aromatic carbocycles. The highest BCUT2D eigenvalue weighted by Crippen LogP contribution is 2.27. The molecule has 8 heteroatoms. The number of halogens is 1. The molecule has 3 rings (SSSR count). The van der Waals surface area contributed by atoms with Gasteiger partial charge in [-0.1, -0.05) is 35.9 Å². The van der Waals surface area contributed by atoms with Crippen molar-refractivity contribution in [2.24, 2.45) is 0 Å².